The molecular formula is C16H20N4O2. The summed E-state index contributed by atoms with van der Waals surface area (Å²) in [6.45, 7) is 6.79. The minimum absolute atomic E-state index is 0.301. The first-order valence-corrected chi connectivity index (χ1v) is 7.06. The van der Waals surface area contributed by atoms with Gasteiger partial charge in [0.1, 0.15) is 0 Å². The number of aliphatic hydroxyl groups is 1. The van der Waals surface area contributed by atoms with Crippen molar-refractivity contribution >= 4 is 5.91 Å². The first-order chi connectivity index (χ1) is 10.3. The zero-order valence-corrected chi connectivity index (χ0v) is 13.2. The topological polar surface area (TPSA) is 88.0 Å². The molecule has 0 unspecified atom stereocenters. The summed E-state index contributed by atoms with van der Waals surface area (Å²) in [5.74, 6) is 0.225. The van der Waals surface area contributed by atoms with Gasteiger partial charge in [0.25, 0.3) is 5.91 Å². The summed E-state index contributed by atoms with van der Waals surface area (Å²) in [6, 6.07) is 3.27. The molecule has 0 aliphatic carbocycles. The van der Waals surface area contributed by atoms with Crippen LogP contribution in [0.15, 0.2) is 30.7 Å². The second-order valence-electron chi connectivity index (χ2n) is 5.78. The van der Waals surface area contributed by atoms with Crippen LogP contribution in [0.25, 0.3) is 11.4 Å². The molecule has 22 heavy (non-hydrogen) atoms. The van der Waals surface area contributed by atoms with Gasteiger partial charge in [0, 0.05) is 24.2 Å². The molecule has 6 nitrogen and oxygen atoms in total. The predicted octanol–water partition coefficient (Wildman–Crippen LogP) is 1.74. The van der Waals surface area contributed by atoms with Gasteiger partial charge >= 0.3 is 0 Å². The van der Waals surface area contributed by atoms with E-state index in [0.717, 1.165) is 5.56 Å². The number of hydrogen-bond acceptors (Lipinski definition) is 5. The SMILES string of the molecule is Cc1nc(-c2cccnc2)ncc1C(=O)N[C@H](C)C(C)(C)O. The lowest BCUT2D eigenvalue weighted by Gasteiger charge is -2.26. The van der Waals surface area contributed by atoms with Gasteiger partial charge in [0.2, 0.25) is 0 Å². The van der Waals surface area contributed by atoms with Gasteiger partial charge in [0.15, 0.2) is 5.82 Å². The van der Waals surface area contributed by atoms with Crippen LogP contribution in [0.2, 0.25) is 0 Å². The lowest BCUT2D eigenvalue weighted by atomic mass is 10.0. The number of nitrogens with one attached hydrogen (secondary N) is 1. The van der Waals surface area contributed by atoms with Crippen molar-refractivity contribution in [2.45, 2.75) is 39.3 Å². The average molecular weight is 300 g/mol. The van der Waals surface area contributed by atoms with E-state index in [-0.39, 0.29) is 5.91 Å². The molecule has 0 aliphatic rings. The Morgan fingerprint density at radius 2 is 2.09 bits per heavy atom. The molecule has 0 saturated carbocycles. The highest BCUT2D eigenvalue weighted by atomic mass is 16.3. The van der Waals surface area contributed by atoms with Crippen molar-refractivity contribution in [2.24, 2.45) is 0 Å². The van der Waals surface area contributed by atoms with Crippen LogP contribution in [0, 0.1) is 6.92 Å². The lowest BCUT2D eigenvalue weighted by Crippen LogP contribution is -2.47. The molecule has 0 saturated heterocycles. The van der Waals surface area contributed by atoms with Crippen LogP contribution < -0.4 is 5.32 Å². The van der Waals surface area contributed by atoms with E-state index in [1.54, 1.807) is 46.2 Å². The Kier molecular flexibility index (Phi) is 4.51. The van der Waals surface area contributed by atoms with Crippen molar-refractivity contribution < 1.29 is 9.90 Å². The molecule has 2 aromatic heterocycles. The predicted molar refractivity (Wildman–Crippen MR) is 83.2 cm³/mol. The van der Waals surface area contributed by atoms with Crippen molar-refractivity contribution in [3.8, 4) is 11.4 Å². The van der Waals surface area contributed by atoms with Gasteiger partial charge in [-0.05, 0) is 39.8 Å². The number of aromatic nitrogens is 3. The van der Waals surface area contributed by atoms with E-state index in [2.05, 4.69) is 20.3 Å². The fraction of sp³-hybridized carbons (Fsp3) is 0.375. The molecule has 0 radical (unpaired) electrons. The van der Waals surface area contributed by atoms with Crippen LogP contribution in [0.5, 0.6) is 0 Å². The molecule has 0 fully saturated rings. The second-order valence-corrected chi connectivity index (χ2v) is 5.78. The molecule has 1 atom stereocenters. The molecule has 6 heteroatoms. The Bertz CT molecular complexity index is 666. The maximum atomic E-state index is 12.3. The third-order valence-corrected chi connectivity index (χ3v) is 3.55. The molecule has 116 valence electrons. The van der Waals surface area contributed by atoms with Crippen LogP contribution in [0.4, 0.5) is 0 Å². The third-order valence-electron chi connectivity index (χ3n) is 3.55. The van der Waals surface area contributed by atoms with E-state index in [1.807, 2.05) is 6.07 Å². The number of carbonyl (C=O) groups is 1. The summed E-state index contributed by atoms with van der Waals surface area (Å²) >= 11 is 0. The number of nitrogens with zero attached hydrogens (tertiary/aromatic N) is 3. The van der Waals surface area contributed by atoms with Gasteiger partial charge in [-0.3, -0.25) is 9.78 Å². The lowest BCUT2D eigenvalue weighted by molar-refractivity contribution is 0.0408. The normalized spacial score (nSPS) is 12.8. The summed E-state index contributed by atoms with van der Waals surface area (Å²) in [6.07, 6.45) is 4.85. The standard InChI is InChI=1S/C16H20N4O2/c1-10-13(15(21)20-11(2)16(3,4)22)9-18-14(19-10)12-6-5-7-17-8-12/h5-9,11,22H,1-4H3,(H,20,21)/t11-/m1/s1. The largest absolute Gasteiger partial charge is 0.388 e. The van der Waals surface area contributed by atoms with E-state index in [4.69, 9.17) is 0 Å². The number of pyridine rings is 1. The summed E-state index contributed by atoms with van der Waals surface area (Å²) in [4.78, 5) is 24.9. The zero-order valence-electron chi connectivity index (χ0n) is 13.2. The average Bonchev–Trinajstić information content (AvgIpc) is 2.46. The van der Waals surface area contributed by atoms with E-state index < -0.39 is 11.6 Å². The Morgan fingerprint density at radius 3 is 2.64 bits per heavy atom. The van der Waals surface area contributed by atoms with Gasteiger partial charge in [-0.15, -0.1) is 0 Å². The van der Waals surface area contributed by atoms with Crippen LogP contribution in [-0.4, -0.2) is 37.6 Å². The summed E-state index contributed by atoms with van der Waals surface area (Å²) in [5.41, 5.74) is 0.764. The van der Waals surface area contributed by atoms with E-state index in [0.29, 0.717) is 17.1 Å². The van der Waals surface area contributed by atoms with Gasteiger partial charge in [-0.1, -0.05) is 0 Å². The Hall–Kier alpha value is -2.34. The fourth-order valence-corrected chi connectivity index (χ4v) is 1.78. The molecule has 0 aromatic carbocycles. The molecule has 0 bridgehead atoms. The van der Waals surface area contributed by atoms with Crippen LogP contribution in [-0.2, 0) is 0 Å². The molecule has 1 amide bonds. The smallest absolute Gasteiger partial charge is 0.255 e. The van der Waals surface area contributed by atoms with Crippen LogP contribution >= 0.6 is 0 Å². The maximum absolute atomic E-state index is 12.3. The Balaban J connectivity index is 2.22. The number of hydrogen-bond donors (Lipinski definition) is 2. The number of carbonyl (C=O) groups excluding carboxylic acids is 1. The highest BCUT2D eigenvalue weighted by Crippen LogP contribution is 2.15. The van der Waals surface area contributed by atoms with Gasteiger partial charge in [0.05, 0.1) is 22.9 Å². The molecular weight excluding hydrogens is 280 g/mol. The Morgan fingerprint density at radius 1 is 1.36 bits per heavy atom. The Labute approximate surface area is 129 Å². The van der Waals surface area contributed by atoms with Crippen molar-refractivity contribution in [3.05, 3.63) is 42.0 Å². The quantitative estimate of drug-likeness (QED) is 0.898. The van der Waals surface area contributed by atoms with Crippen molar-refractivity contribution in [1.82, 2.24) is 20.3 Å². The molecule has 2 rings (SSSR count). The van der Waals surface area contributed by atoms with E-state index in [1.165, 1.54) is 6.20 Å². The number of rotatable bonds is 4. The fourth-order valence-electron chi connectivity index (χ4n) is 1.78. The van der Waals surface area contributed by atoms with Gasteiger partial charge in [-0.25, -0.2) is 9.97 Å². The van der Waals surface area contributed by atoms with E-state index >= 15 is 0 Å². The monoisotopic (exact) mass is 300 g/mol. The molecule has 2 heterocycles. The minimum Gasteiger partial charge on any atom is -0.388 e. The van der Waals surface area contributed by atoms with Crippen molar-refractivity contribution in [3.63, 3.8) is 0 Å². The molecule has 0 spiro atoms. The molecule has 2 aromatic rings. The minimum atomic E-state index is -1.000. The number of aryl methyl sites for hydroxylation is 1. The second kappa shape index (κ2) is 6.19. The molecule has 2 N–H and O–H groups in total. The third kappa shape index (κ3) is 3.65. The van der Waals surface area contributed by atoms with Crippen molar-refractivity contribution in [1.29, 1.82) is 0 Å². The van der Waals surface area contributed by atoms with Crippen molar-refractivity contribution in [2.75, 3.05) is 0 Å². The highest BCUT2D eigenvalue weighted by Gasteiger charge is 2.25. The first-order valence-electron chi connectivity index (χ1n) is 7.06. The summed E-state index contributed by atoms with van der Waals surface area (Å²) in [7, 11) is 0. The maximum Gasteiger partial charge on any atom is 0.255 e. The highest BCUT2D eigenvalue weighted by molar-refractivity contribution is 5.95. The van der Waals surface area contributed by atoms with Gasteiger partial charge < -0.3 is 10.4 Å². The molecule has 0 aliphatic heterocycles. The van der Waals surface area contributed by atoms with E-state index in [9.17, 15) is 9.90 Å². The summed E-state index contributed by atoms with van der Waals surface area (Å²) in [5, 5.41) is 12.6. The van der Waals surface area contributed by atoms with Gasteiger partial charge in [-0.2, -0.15) is 0 Å². The first kappa shape index (κ1) is 16.0. The summed E-state index contributed by atoms with van der Waals surface area (Å²) < 4.78 is 0. The van der Waals surface area contributed by atoms with Crippen LogP contribution in [0.1, 0.15) is 36.8 Å². The van der Waals surface area contributed by atoms with Crippen LogP contribution in [0.3, 0.4) is 0 Å². The zero-order chi connectivity index (χ0) is 16.3. The number of amides is 1.